The highest BCUT2D eigenvalue weighted by atomic mass is 32.1. The van der Waals surface area contributed by atoms with Gasteiger partial charge in [-0.2, -0.15) is 0 Å². The molecule has 1 heterocycles. The van der Waals surface area contributed by atoms with Crippen LogP contribution in [0.1, 0.15) is 27.2 Å². The average molecular weight is 279 g/mol. The van der Waals surface area contributed by atoms with E-state index in [0.717, 1.165) is 16.3 Å². The normalized spacial score (nSPS) is 10.4. The fourth-order valence-electron chi connectivity index (χ4n) is 1.61. The molecule has 4 nitrogen and oxygen atoms in total. The number of hydrogen-bond acceptors (Lipinski definition) is 4. The molecule has 0 aliphatic carbocycles. The molecular formula is C13H14FN3OS. The second-order valence-electron chi connectivity index (χ2n) is 3.99. The fourth-order valence-corrected chi connectivity index (χ4v) is 2.41. The van der Waals surface area contributed by atoms with Crippen molar-refractivity contribution in [2.24, 2.45) is 5.73 Å². The third-order valence-corrected chi connectivity index (χ3v) is 3.74. The molecule has 0 aliphatic rings. The van der Waals surface area contributed by atoms with Crippen molar-refractivity contribution >= 4 is 22.9 Å². The summed E-state index contributed by atoms with van der Waals surface area (Å²) < 4.78 is 13.3. The van der Waals surface area contributed by atoms with Gasteiger partial charge in [-0.3, -0.25) is 4.79 Å². The zero-order valence-electron chi connectivity index (χ0n) is 10.4. The van der Waals surface area contributed by atoms with Crippen molar-refractivity contribution in [2.75, 3.05) is 5.32 Å². The number of amides is 1. The Hall–Kier alpha value is -1.95. The number of aryl methyl sites for hydroxylation is 1. The second-order valence-corrected chi connectivity index (χ2v) is 5.19. The van der Waals surface area contributed by atoms with Crippen LogP contribution in [0.15, 0.2) is 24.4 Å². The molecule has 0 saturated carbocycles. The Kier molecular flexibility index (Phi) is 4.11. The number of nitrogens with zero attached hydrogens (tertiary/aromatic N) is 1. The Morgan fingerprint density at radius 1 is 1.53 bits per heavy atom. The van der Waals surface area contributed by atoms with Crippen LogP contribution in [0.25, 0.3) is 0 Å². The number of aromatic nitrogens is 1. The summed E-state index contributed by atoms with van der Waals surface area (Å²) in [6.45, 7) is 2.64. The number of halogens is 1. The van der Waals surface area contributed by atoms with Crippen LogP contribution < -0.4 is 11.1 Å². The molecule has 2 aromatic rings. The third kappa shape index (κ3) is 3.29. The minimum Gasteiger partial charge on any atom is -0.380 e. The summed E-state index contributed by atoms with van der Waals surface area (Å²) in [5.41, 5.74) is 5.64. The van der Waals surface area contributed by atoms with E-state index in [1.165, 1.54) is 12.1 Å². The topological polar surface area (TPSA) is 68.0 Å². The molecule has 0 bridgehead atoms. The van der Waals surface area contributed by atoms with E-state index in [-0.39, 0.29) is 5.56 Å². The van der Waals surface area contributed by atoms with Crippen LogP contribution in [0, 0.1) is 5.82 Å². The highest BCUT2D eigenvalue weighted by Gasteiger charge is 2.09. The molecule has 0 atom stereocenters. The van der Waals surface area contributed by atoms with Crippen LogP contribution in [0.5, 0.6) is 0 Å². The first-order chi connectivity index (χ1) is 9.10. The van der Waals surface area contributed by atoms with Crippen LogP contribution in [0.2, 0.25) is 0 Å². The van der Waals surface area contributed by atoms with Crippen LogP contribution in [0.3, 0.4) is 0 Å². The molecule has 1 amide bonds. The Morgan fingerprint density at radius 3 is 2.95 bits per heavy atom. The smallest absolute Gasteiger partial charge is 0.251 e. The Balaban J connectivity index is 2.07. The maximum Gasteiger partial charge on any atom is 0.251 e. The summed E-state index contributed by atoms with van der Waals surface area (Å²) in [5.74, 6) is -1.38. The largest absolute Gasteiger partial charge is 0.380 e. The number of hydrogen-bond donors (Lipinski definition) is 2. The van der Waals surface area contributed by atoms with Crippen molar-refractivity contribution in [1.29, 1.82) is 0 Å². The van der Waals surface area contributed by atoms with Crippen molar-refractivity contribution in [1.82, 2.24) is 4.98 Å². The van der Waals surface area contributed by atoms with Gasteiger partial charge in [-0.15, -0.1) is 11.3 Å². The van der Waals surface area contributed by atoms with Gasteiger partial charge in [0.2, 0.25) is 0 Å². The van der Waals surface area contributed by atoms with Gasteiger partial charge in [0.15, 0.2) is 0 Å². The van der Waals surface area contributed by atoms with E-state index in [9.17, 15) is 9.18 Å². The molecule has 3 N–H and O–H groups in total. The van der Waals surface area contributed by atoms with Crippen molar-refractivity contribution < 1.29 is 9.18 Å². The molecule has 0 aliphatic heterocycles. The third-order valence-electron chi connectivity index (χ3n) is 2.60. The number of benzene rings is 1. The van der Waals surface area contributed by atoms with Gasteiger partial charge < -0.3 is 11.1 Å². The van der Waals surface area contributed by atoms with Crippen LogP contribution in [0.4, 0.5) is 10.1 Å². The number of carbonyl (C=O) groups excluding carboxylic acids is 1. The van der Waals surface area contributed by atoms with Crippen LogP contribution >= 0.6 is 11.3 Å². The molecule has 100 valence electrons. The molecule has 2 rings (SSSR count). The molecular weight excluding hydrogens is 265 g/mol. The van der Waals surface area contributed by atoms with Gasteiger partial charge in [0.25, 0.3) is 5.91 Å². The lowest BCUT2D eigenvalue weighted by Crippen LogP contribution is -2.13. The van der Waals surface area contributed by atoms with E-state index in [0.29, 0.717) is 12.2 Å². The van der Waals surface area contributed by atoms with E-state index in [4.69, 9.17) is 5.73 Å². The summed E-state index contributed by atoms with van der Waals surface area (Å²) in [4.78, 5) is 16.4. The van der Waals surface area contributed by atoms with Gasteiger partial charge in [-0.1, -0.05) is 6.92 Å². The highest BCUT2D eigenvalue weighted by Crippen LogP contribution is 2.18. The Labute approximate surface area is 114 Å². The lowest BCUT2D eigenvalue weighted by Gasteiger charge is -2.06. The minimum absolute atomic E-state index is 0.108. The number of carbonyl (C=O) groups is 1. The number of primary amides is 1. The molecule has 1 aromatic carbocycles. The van der Waals surface area contributed by atoms with Gasteiger partial charge in [0, 0.05) is 16.8 Å². The molecule has 0 saturated heterocycles. The molecule has 0 unspecified atom stereocenters. The van der Waals surface area contributed by atoms with Crippen molar-refractivity contribution in [3.05, 3.63) is 45.7 Å². The molecule has 0 fully saturated rings. The average Bonchev–Trinajstić information content (AvgIpc) is 2.85. The van der Waals surface area contributed by atoms with Gasteiger partial charge in [0.1, 0.15) is 5.82 Å². The number of nitrogens with two attached hydrogens (primary N) is 1. The van der Waals surface area contributed by atoms with E-state index >= 15 is 0 Å². The number of nitrogens with one attached hydrogen (secondary N) is 1. The van der Waals surface area contributed by atoms with Gasteiger partial charge in [-0.05, 0) is 24.6 Å². The summed E-state index contributed by atoms with van der Waals surface area (Å²) in [6.07, 6.45) is 2.72. The Morgan fingerprint density at radius 2 is 2.32 bits per heavy atom. The lowest BCUT2D eigenvalue weighted by molar-refractivity contribution is 0.0996. The fraction of sp³-hybridized carbons (Fsp3) is 0.231. The van der Waals surface area contributed by atoms with Gasteiger partial charge in [0.05, 0.1) is 17.1 Å². The predicted molar refractivity (Wildman–Crippen MR) is 73.7 cm³/mol. The predicted octanol–water partition coefficient (Wildman–Crippen LogP) is 2.56. The van der Waals surface area contributed by atoms with Crippen molar-refractivity contribution in [3.63, 3.8) is 0 Å². The van der Waals surface area contributed by atoms with Crippen molar-refractivity contribution in [2.45, 2.75) is 19.9 Å². The molecule has 6 heteroatoms. The quantitative estimate of drug-likeness (QED) is 0.883. The number of thiazole rings is 1. The van der Waals surface area contributed by atoms with E-state index in [1.807, 2.05) is 6.20 Å². The highest BCUT2D eigenvalue weighted by molar-refractivity contribution is 7.11. The summed E-state index contributed by atoms with van der Waals surface area (Å²) >= 11 is 1.63. The monoisotopic (exact) mass is 279 g/mol. The lowest BCUT2D eigenvalue weighted by atomic mass is 10.2. The van der Waals surface area contributed by atoms with Gasteiger partial charge >= 0.3 is 0 Å². The van der Waals surface area contributed by atoms with Crippen LogP contribution in [-0.4, -0.2) is 10.9 Å². The van der Waals surface area contributed by atoms with E-state index < -0.39 is 11.7 Å². The first-order valence-corrected chi connectivity index (χ1v) is 6.68. The maximum atomic E-state index is 13.3. The van der Waals surface area contributed by atoms with Gasteiger partial charge in [-0.25, -0.2) is 9.37 Å². The zero-order valence-corrected chi connectivity index (χ0v) is 11.3. The van der Waals surface area contributed by atoms with E-state index in [1.54, 1.807) is 17.4 Å². The first kappa shape index (κ1) is 13.5. The number of anilines is 1. The Bertz CT molecular complexity index is 597. The summed E-state index contributed by atoms with van der Waals surface area (Å²) in [7, 11) is 0. The van der Waals surface area contributed by atoms with Crippen LogP contribution in [-0.2, 0) is 13.0 Å². The maximum absolute atomic E-state index is 13.3. The molecule has 1 aromatic heterocycles. The SMILES string of the molecule is CCc1ncc(CNc2ccc(F)c(C(N)=O)c2)s1. The van der Waals surface area contributed by atoms with Crippen molar-refractivity contribution in [3.8, 4) is 0 Å². The first-order valence-electron chi connectivity index (χ1n) is 5.87. The minimum atomic E-state index is -0.771. The molecule has 19 heavy (non-hydrogen) atoms. The molecule has 0 spiro atoms. The second kappa shape index (κ2) is 5.79. The standard InChI is InChI=1S/C13H14FN3OS/c1-2-12-17-7-9(19-12)6-16-8-3-4-11(14)10(5-8)13(15)18/h3-5,7,16H,2,6H2,1H3,(H2,15,18). The summed E-state index contributed by atoms with van der Waals surface area (Å²) in [5, 5.41) is 4.19. The molecule has 0 radical (unpaired) electrons. The summed E-state index contributed by atoms with van der Waals surface area (Å²) in [6, 6.07) is 4.22. The number of rotatable bonds is 5. The zero-order chi connectivity index (χ0) is 13.8. The van der Waals surface area contributed by atoms with E-state index in [2.05, 4.69) is 17.2 Å².